The molecule has 2 aliphatic rings. The van der Waals surface area contributed by atoms with Crippen molar-refractivity contribution in [1.29, 1.82) is 0 Å². The SMILES string of the molecule is O=C1C[C@@H](c2ccccc2O)Cc2c1cnc1nc(N3CCOCC3)[nH]c(=O)c21. The topological polar surface area (TPSA) is 108 Å². The Balaban J connectivity index is 1.61. The van der Waals surface area contributed by atoms with E-state index >= 15 is 0 Å². The Morgan fingerprint density at radius 1 is 1.14 bits per heavy atom. The van der Waals surface area contributed by atoms with Crippen LogP contribution in [0.3, 0.4) is 0 Å². The van der Waals surface area contributed by atoms with E-state index < -0.39 is 0 Å². The molecule has 3 aromatic rings. The van der Waals surface area contributed by atoms with Crippen molar-refractivity contribution in [2.24, 2.45) is 0 Å². The van der Waals surface area contributed by atoms with Gasteiger partial charge in [-0.25, -0.2) is 4.98 Å². The fourth-order valence-electron chi connectivity index (χ4n) is 4.24. The normalized spacial score (nSPS) is 19.4. The van der Waals surface area contributed by atoms with Crippen molar-refractivity contribution >= 4 is 22.8 Å². The molecule has 0 saturated carbocycles. The number of aromatic nitrogens is 3. The molecule has 0 amide bonds. The monoisotopic (exact) mass is 392 g/mol. The summed E-state index contributed by atoms with van der Waals surface area (Å²) in [4.78, 5) is 39.4. The van der Waals surface area contributed by atoms with Gasteiger partial charge in [0.15, 0.2) is 11.4 Å². The minimum Gasteiger partial charge on any atom is -0.508 e. The number of carbonyl (C=O) groups is 1. The van der Waals surface area contributed by atoms with Gasteiger partial charge in [0.05, 0.1) is 18.6 Å². The van der Waals surface area contributed by atoms with Gasteiger partial charge in [0.1, 0.15) is 5.75 Å². The van der Waals surface area contributed by atoms with Crippen LogP contribution in [-0.2, 0) is 11.2 Å². The number of morpholine rings is 1. The van der Waals surface area contributed by atoms with Crippen molar-refractivity contribution in [2.45, 2.75) is 18.8 Å². The molecule has 1 aliphatic heterocycles. The third-order valence-electron chi connectivity index (χ3n) is 5.70. The van der Waals surface area contributed by atoms with Crippen LogP contribution in [0.5, 0.6) is 5.75 Å². The number of aromatic amines is 1. The highest BCUT2D eigenvalue weighted by Crippen LogP contribution is 2.37. The predicted octanol–water partition coefficient (Wildman–Crippen LogP) is 1.77. The summed E-state index contributed by atoms with van der Waals surface area (Å²) < 4.78 is 5.35. The van der Waals surface area contributed by atoms with Crippen LogP contribution in [-0.4, -0.2) is 52.1 Å². The molecule has 1 atom stereocenters. The Hall–Kier alpha value is -3.26. The number of rotatable bonds is 2. The van der Waals surface area contributed by atoms with E-state index in [1.807, 2.05) is 17.0 Å². The first-order chi connectivity index (χ1) is 14.1. The van der Waals surface area contributed by atoms with Crippen LogP contribution in [0.2, 0.25) is 0 Å². The third kappa shape index (κ3) is 3.05. The number of aromatic hydroxyl groups is 1. The van der Waals surface area contributed by atoms with E-state index in [9.17, 15) is 14.7 Å². The second-order valence-electron chi connectivity index (χ2n) is 7.43. The number of carbonyl (C=O) groups excluding carboxylic acids is 1. The number of benzene rings is 1. The number of anilines is 1. The molecule has 3 heterocycles. The van der Waals surface area contributed by atoms with Crippen molar-refractivity contribution in [1.82, 2.24) is 15.0 Å². The number of phenolic OH excluding ortho intramolecular Hbond substituents is 1. The fraction of sp³-hybridized carbons (Fsp3) is 0.333. The Bertz CT molecular complexity index is 1170. The Morgan fingerprint density at radius 2 is 1.93 bits per heavy atom. The summed E-state index contributed by atoms with van der Waals surface area (Å²) in [6.07, 6.45) is 2.27. The lowest BCUT2D eigenvalue weighted by atomic mass is 9.79. The number of ether oxygens (including phenoxy) is 1. The number of pyridine rings is 1. The summed E-state index contributed by atoms with van der Waals surface area (Å²) in [5.74, 6) is 0.358. The first kappa shape index (κ1) is 17.8. The molecular formula is C21H20N4O4. The van der Waals surface area contributed by atoms with Crippen LogP contribution in [0.25, 0.3) is 11.0 Å². The quantitative estimate of drug-likeness (QED) is 0.684. The number of fused-ring (bicyclic) bond motifs is 3. The maximum absolute atomic E-state index is 13.0. The van der Waals surface area contributed by atoms with Crippen LogP contribution in [0.1, 0.15) is 33.8 Å². The zero-order valence-corrected chi connectivity index (χ0v) is 15.7. The highest BCUT2D eigenvalue weighted by Gasteiger charge is 2.31. The van der Waals surface area contributed by atoms with Gasteiger partial charge in [-0.15, -0.1) is 0 Å². The van der Waals surface area contributed by atoms with Crippen molar-refractivity contribution in [3.05, 3.63) is 57.5 Å². The average Bonchev–Trinajstić information content (AvgIpc) is 2.74. The number of phenols is 1. The third-order valence-corrected chi connectivity index (χ3v) is 5.70. The van der Waals surface area contributed by atoms with Crippen molar-refractivity contribution in [3.63, 3.8) is 0 Å². The molecule has 0 unspecified atom stereocenters. The highest BCUT2D eigenvalue weighted by atomic mass is 16.5. The van der Waals surface area contributed by atoms with Crippen LogP contribution >= 0.6 is 0 Å². The largest absolute Gasteiger partial charge is 0.508 e. The Morgan fingerprint density at radius 3 is 2.72 bits per heavy atom. The smallest absolute Gasteiger partial charge is 0.262 e. The van der Waals surface area contributed by atoms with Crippen LogP contribution in [0.4, 0.5) is 5.95 Å². The molecule has 148 valence electrons. The van der Waals surface area contributed by atoms with Gasteiger partial charge in [-0.3, -0.25) is 14.6 Å². The molecule has 1 saturated heterocycles. The first-order valence-electron chi connectivity index (χ1n) is 9.67. The molecule has 0 radical (unpaired) electrons. The molecule has 1 aromatic carbocycles. The lowest BCUT2D eigenvalue weighted by Crippen LogP contribution is -2.38. The molecule has 2 aromatic heterocycles. The summed E-state index contributed by atoms with van der Waals surface area (Å²) in [6.45, 7) is 2.45. The average molecular weight is 392 g/mol. The van der Waals surface area contributed by atoms with E-state index in [-0.39, 0.29) is 29.4 Å². The summed E-state index contributed by atoms with van der Waals surface area (Å²) in [5, 5.41) is 10.6. The summed E-state index contributed by atoms with van der Waals surface area (Å²) in [7, 11) is 0. The number of Topliss-reactive ketones (excluding diaryl/α,β-unsaturated/α-hetero) is 1. The van der Waals surface area contributed by atoms with E-state index in [0.29, 0.717) is 66.4 Å². The van der Waals surface area contributed by atoms with Crippen LogP contribution in [0.15, 0.2) is 35.3 Å². The number of H-pyrrole nitrogens is 1. The van der Waals surface area contributed by atoms with Crippen molar-refractivity contribution < 1.29 is 14.6 Å². The molecule has 8 nitrogen and oxygen atoms in total. The van der Waals surface area contributed by atoms with E-state index in [1.54, 1.807) is 12.1 Å². The highest BCUT2D eigenvalue weighted by molar-refractivity contribution is 6.02. The zero-order chi connectivity index (χ0) is 20.0. The van der Waals surface area contributed by atoms with E-state index in [2.05, 4.69) is 15.0 Å². The summed E-state index contributed by atoms with van der Waals surface area (Å²) in [6, 6.07) is 7.02. The predicted molar refractivity (Wildman–Crippen MR) is 107 cm³/mol. The number of nitrogens with zero attached hydrogens (tertiary/aromatic N) is 3. The summed E-state index contributed by atoms with van der Waals surface area (Å²) >= 11 is 0. The first-order valence-corrected chi connectivity index (χ1v) is 9.67. The second-order valence-corrected chi connectivity index (χ2v) is 7.43. The van der Waals surface area contributed by atoms with Gasteiger partial charge in [-0.1, -0.05) is 18.2 Å². The number of para-hydroxylation sites is 1. The minimum atomic E-state index is -0.299. The van der Waals surface area contributed by atoms with E-state index in [1.165, 1.54) is 6.20 Å². The molecule has 0 bridgehead atoms. The Labute approximate surface area is 166 Å². The molecule has 2 N–H and O–H groups in total. The number of ketones is 1. The molecule has 29 heavy (non-hydrogen) atoms. The molecule has 5 rings (SSSR count). The van der Waals surface area contributed by atoms with Crippen molar-refractivity contribution in [2.75, 3.05) is 31.2 Å². The lowest BCUT2D eigenvalue weighted by molar-refractivity contribution is 0.0964. The molecule has 1 fully saturated rings. The zero-order valence-electron chi connectivity index (χ0n) is 15.7. The van der Waals surface area contributed by atoms with Crippen LogP contribution in [0, 0.1) is 0 Å². The molecular weight excluding hydrogens is 372 g/mol. The minimum absolute atomic E-state index is 0.0782. The Kier molecular flexibility index (Phi) is 4.28. The molecule has 0 spiro atoms. The number of nitrogens with one attached hydrogen (secondary N) is 1. The van der Waals surface area contributed by atoms with Crippen LogP contribution < -0.4 is 10.5 Å². The maximum Gasteiger partial charge on any atom is 0.262 e. The van der Waals surface area contributed by atoms with Crippen molar-refractivity contribution in [3.8, 4) is 5.75 Å². The lowest BCUT2D eigenvalue weighted by Gasteiger charge is -2.28. The number of hydrogen-bond donors (Lipinski definition) is 2. The van der Waals surface area contributed by atoms with Gasteiger partial charge in [-0.05, 0) is 29.5 Å². The van der Waals surface area contributed by atoms with Gasteiger partial charge >= 0.3 is 0 Å². The standard InChI is InChI=1S/C21H20N4O4/c26-16-4-2-1-3-13(16)12-9-14-15(17(27)10-12)11-22-19-18(14)20(28)24-21(23-19)25-5-7-29-8-6-25/h1-4,11-12,26H,5-10H2,(H,22,23,24,28)/t12-/m0/s1. The van der Waals surface area contributed by atoms with E-state index in [0.717, 1.165) is 0 Å². The molecule has 8 heteroatoms. The summed E-state index contributed by atoms with van der Waals surface area (Å²) in [5.41, 5.74) is 1.87. The maximum atomic E-state index is 13.0. The fourth-order valence-corrected chi connectivity index (χ4v) is 4.24. The van der Waals surface area contributed by atoms with Gasteiger partial charge in [0.2, 0.25) is 5.95 Å². The van der Waals surface area contributed by atoms with Gasteiger partial charge < -0.3 is 14.7 Å². The van der Waals surface area contributed by atoms with Gasteiger partial charge in [0.25, 0.3) is 5.56 Å². The second kappa shape index (κ2) is 6.97. The number of hydrogen-bond acceptors (Lipinski definition) is 7. The van der Waals surface area contributed by atoms with Gasteiger partial charge in [-0.2, -0.15) is 4.98 Å². The molecule has 1 aliphatic carbocycles. The van der Waals surface area contributed by atoms with Gasteiger partial charge in [0, 0.05) is 31.3 Å². The van der Waals surface area contributed by atoms with E-state index in [4.69, 9.17) is 4.74 Å².